The van der Waals surface area contributed by atoms with Crippen LogP contribution in [0.2, 0.25) is 0 Å². The highest BCUT2D eigenvalue weighted by Gasteiger charge is 2.27. The van der Waals surface area contributed by atoms with Crippen LogP contribution in [0, 0.1) is 5.92 Å². The van der Waals surface area contributed by atoms with E-state index < -0.39 is 0 Å². The summed E-state index contributed by atoms with van der Waals surface area (Å²) in [6, 6.07) is 14.0. The van der Waals surface area contributed by atoms with Gasteiger partial charge in [-0.15, -0.1) is 11.3 Å². The summed E-state index contributed by atoms with van der Waals surface area (Å²) in [5, 5.41) is 10.0. The van der Waals surface area contributed by atoms with E-state index in [1.807, 2.05) is 70.7 Å². The minimum atomic E-state index is 0.0950. The van der Waals surface area contributed by atoms with Gasteiger partial charge in [-0.3, -0.25) is 4.79 Å². The number of amides is 1. The molecule has 0 aliphatic carbocycles. The summed E-state index contributed by atoms with van der Waals surface area (Å²) in [5.41, 5.74) is 2.44. The van der Waals surface area contributed by atoms with Crippen LogP contribution in [0.4, 0.5) is 0 Å². The van der Waals surface area contributed by atoms with Crippen molar-refractivity contribution >= 4 is 17.2 Å². The molecule has 146 valence electrons. The maximum atomic E-state index is 13.3. The molecule has 5 nitrogen and oxygen atoms in total. The molecule has 0 spiro atoms. The Bertz CT molecular complexity index is 896. The molecule has 1 N–H and O–H groups in total. The van der Waals surface area contributed by atoms with Crippen molar-refractivity contribution in [2.45, 2.75) is 19.3 Å². The minimum Gasteiger partial charge on any atom is -0.339 e. The van der Waals surface area contributed by atoms with Gasteiger partial charge < -0.3 is 10.2 Å². The van der Waals surface area contributed by atoms with Crippen LogP contribution in [-0.4, -0.2) is 47.3 Å². The van der Waals surface area contributed by atoms with Gasteiger partial charge in [0.2, 0.25) is 0 Å². The van der Waals surface area contributed by atoms with Gasteiger partial charge in [0.15, 0.2) is 0 Å². The van der Waals surface area contributed by atoms with E-state index in [-0.39, 0.29) is 5.91 Å². The Morgan fingerprint density at radius 2 is 1.96 bits per heavy atom. The third-order valence-corrected chi connectivity index (χ3v) is 6.30. The molecule has 3 aromatic rings. The summed E-state index contributed by atoms with van der Waals surface area (Å²) in [7, 11) is 2.00. The third-order valence-electron chi connectivity index (χ3n) is 5.42. The fraction of sp³-hybridized carbons (Fsp3) is 0.364. The van der Waals surface area contributed by atoms with Crippen molar-refractivity contribution in [2.24, 2.45) is 5.92 Å². The lowest BCUT2D eigenvalue weighted by Gasteiger charge is -2.32. The molecule has 1 aliphatic rings. The fourth-order valence-electron chi connectivity index (χ4n) is 3.78. The van der Waals surface area contributed by atoms with Crippen molar-refractivity contribution in [3.05, 3.63) is 59.6 Å². The van der Waals surface area contributed by atoms with E-state index in [0.29, 0.717) is 11.5 Å². The summed E-state index contributed by atoms with van der Waals surface area (Å²) >= 11 is 1.62. The molecule has 6 heteroatoms. The lowest BCUT2D eigenvalue weighted by molar-refractivity contribution is 0.0688. The second-order valence-electron chi connectivity index (χ2n) is 7.28. The molecule has 0 atom stereocenters. The van der Waals surface area contributed by atoms with E-state index in [4.69, 9.17) is 5.10 Å². The standard InChI is InChI=1S/C22H26N4OS/c1-23-12-9-17-10-13-25(14-11-17)22(27)19-16-26(18-6-3-2-4-7-18)24-21(19)20-8-5-15-28-20/h2-8,15-17,23H,9-14H2,1H3. The van der Waals surface area contributed by atoms with Gasteiger partial charge in [0.25, 0.3) is 5.91 Å². The molecule has 1 saturated heterocycles. The highest BCUT2D eigenvalue weighted by Crippen LogP contribution is 2.30. The Morgan fingerprint density at radius 3 is 2.64 bits per heavy atom. The molecule has 0 radical (unpaired) electrons. The highest BCUT2D eigenvalue weighted by molar-refractivity contribution is 7.13. The Balaban J connectivity index is 1.58. The lowest BCUT2D eigenvalue weighted by atomic mass is 9.93. The number of nitrogens with one attached hydrogen (secondary N) is 1. The van der Waals surface area contributed by atoms with Gasteiger partial charge in [-0.05, 0) is 62.4 Å². The molecule has 1 aliphatic heterocycles. The molecule has 0 saturated carbocycles. The number of para-hydroxylation sites is 1. The topological polar surface area (TPSA) is 50.2 Å². The molecular weight excluding hydrogens is 368 g/mol. The molecule has 0 unspecified atom stereocenters. The van der Waals surface area contributed by atoms with Gasteiger partial charge in [0.05, 0.1) is 16.1 Å². The van der Waals surface area contributed by atoms with Gasteiger partial charge in [-0.1, -0.05) is 24.3 Å². The number of piperidine rings is 1. The normalized spacial score (nSPS) is 15.1. The first-order valence-corrected chi connectivity index (χ1v) is 10.8. The summed E-state index contributed by atoms with van der Waals surface area (Å²) in [4.78, 5) is 16.4. The zero-order valence-electron chi connectivity index (χ0n) is 16.2. The number of rotatable bonds is 6. The van der Waals surface area contributed by atoms with E-state index in [9.17, 15) is 4.79 Å². The van der Waals surface area contributed by atoms with E-state index in [0.717, 1.165) is 48.7 Å². The van der Waals surface area contributed by atoms with Crippen LogP contribution in [0.3, 0.4) is 0 Å². The third kappa shape index (κ3) is 4.03. The van der Waals surface area contributed by atoms with Crippen molar-refractivity contribution < 1.29 is 4.79 Å². The molecule has 0 bridgehead atoms. The van der Waals surface area contributed by atoms with E-state index in [1.165, 1.54) is 6.42 Å². The summed E-state index contributed by atoms with van der Waals surface area (Å²) in [6.45, 7) is 2.70. The quantitative estimate of drug-likeness (QED) is 0.686. The average molecular weight is 395 g/mol. The Hall–Kier alpha value is -2.44. The number of carbonyl (C=O) groups is 1. The van der Waals surface area contributed by atoms with Crippen LogP contribution in [-0.2, 0) is 0 Å². The first kappa shape index (κ1) is 18.9. The van der Waals surface area contributed by atoms with Crippen LogP contribution >= 0.6 is 11.3 Å². The number of aromatic nitrogens is 2. The number of hydrogen-bond acceptors (Lipinski definition) is 4. The second kappa shape index (κ2) is 8.71. The van der Waals surface area contributed by atoms with Crippen LogP contribution in [0.25, 0.3) is 16.3 Å². The van der Waals surface area contributed by atoms with Crippen LogP contribution in [0.15, 0.2) is 54.0 Å². The van der Waals surface area contributed by atoms with Gasteiger partial charge in [-0.25, -0.2) is 4.68 Å². The number of nitrogens with zero attached hydrogens (tertiary/aromatic N) is 3. The maximum Gasteiger partial charge on any atom is 0.257 e. The van der Waals surface area contributed by atoms with Crippen LogP contribution in [0.1, 0.15) is 29.6 Å². The molecule has 2 aromatic heterocycles. The number of thiophene rings is 1. The Kier molecular flexibility index (Phi) is 5.88. The summed E-state index contributed by atoms with van der Waals surface area (Å²) in [6.07, 6.45) is 5.23. The number of likely N-dealkylation sites (tertiary alicyclic amines) is 1. The molecule has 1 aromatic carbocycles. The summed E-state index contributed by atoms with van der Waals surface area (Å²) in [5.74, 6) is 0.804. The van der Waals surface area contributed by atoms with Crippen molar-refractivity contribution in [1.82, 2.24) is 20.0 Å². The van der Waals surface area contributed by atoms with Crippen LogP contribution in [0.5, 0.6) is 0 Å². The van der Waals surface area contributed by atoms with E-state index >= 15 is 0 Å². The molecule has 1 fully saturated rings. The Morgan fingerprint density at radius 1 is 1.18 bits per heavy atom. The predicted molar refractivity (Wildman–Crippen MR) is 114 cm³/mol. The number of benzene rings is 1. The summed E-state index contributed by atoms with van der Waals surface area (Å²) < 4.78 is 1.82. The largest absolute Gasteiger partial charge is 0.339 e. The van der Waals surface area contributed by atoms with Gasteiger partial charge >= 0.3 is 0 Å². The minimum absolute atomic E-state index is 0.0950. The fourth-order valence-corrected chi connectivity index (χ4v) is 4.51. The van der Waals surface area contributed by atoms with Crippen molar-refractivity contribution in [1.29, 1.82) is 0 Å². The Labute approximate surface area is 170 Å². The number of carbonyl (C=O) groups excluding carboxylic acids is 1. The second-order valence-corrected chi connectivity index (χ2v) is 8.22. The van der Waals surface area contributed by atoms with Gasteiger partial charge in [0, 0.05) is 19.3 Å². The molecular formula is C22H26N4OS. The predicted octanol–water partition coefficient (Wildman–Crippen LogP) is 4.06. The highest BCUT2D eigenvalue weighted by atomic mass is 32.1. The van der Waals surface area contributed by atoms with Crippen molar-refractivity contribution in [3.63, 3.8) is 0 Å². The zero-order chi connectivity index (χ0) is 19.3. The molecule has 1 amide bonds. The first-order valence-electron chi connectivity index (χ1n) is 9.89. The lowest BCUT2D eigenvalue weighted by Crippen LogP contribution is -2.39. The van der Waals surface area contributed by atoms with Crippen molar-refractivity contribution in [2.75, 3.05) is 26.7 Å². The van der Waals surface area contributed by atoms with Gasteiger partial charge in [0.1, 0.15) is 5.69 Å². The first-order chi connectivity index (χ1) is 13.8. The molecule has 28 heavy (non-hydrogen) atoms. The molecule has 3 heterocycles. The average Bonchev–Trinajstić information content (AvgIpc) is 3.42. The SMILES string of the molecule is CNCCC1CCN(C(=O)c2cn(-c3ccccc3)nc2-c2cccs2)CC1. The van der Waals surface area contributed by atoms with Gasteiger partial charge in [-0.2, -0.15) is 5.10 Å². The van der Waals surface area contributed by atoms with Crippen LogP contribution < -0.4 is 5.32 Å². The monoisotopic (exact) mass is 394 g/mol. The van der Waals surface area contributed by atoms with Crippen molar-refractivity contribution in [3.8, 4) is 16.3 Å². The number of hydrogen-bond donors (Lipinski definition) is 1. The van der Waals surface area contributed by atoms with E-state index in [2.05, 4.69) is 5.32 Å². The molecule has 4 rings (SSSR count). The maximum absolute atomic E-state index is 13.3. The van der Waals surface area contributed by atoms with E-state index in [1.54, 1.807) is 11.3 Å². The zero-order valence-corrected chi connectivity index (χ0v) is 17.0. The smallest absolute Gasteiger partial charge is 0.257 e.